The van der Waals surface area contributed by atoms with Crippen LogP contribution in [0, 0.1) is 51.8 Å². The first-order chi connectivity index (χ1) is 18.1. The Balaban J connectivity index is 1.37. The molecule has 4 heteroatoms. The van der Waals surface area contributed by atoms with Crippen LogP contribution in [0.5, 0.6) is 0 Å². The van der Waals surface area contributed by atoms with E-state index in [4.69, 9.17) is 0 Å². The van der Waals surface area contributed by atoms with Crippen LogP contribution in [0.25, 0.3) is 0 Å². The normalized spacial score (nSPS) is 41.0. The van der Waals surface area contributed by atoms with Crippen LogP contribution in [0.1, 0.15) is 106 Å². The molecule has 1 saturated heterocycles. The van der Waals surface area contributed by atoms with Gasteiger partial charge in [0.25, 0.3) is 0 Å². The van der Waals surface area contributed by atoms with Crippen molar-refractivity contribution in [2.45, 2.75) is 106 Å². The molecule has 0 spiro atoms. The Kier molecular flexibility index (Phi) is 8.44. The molecule has 0 bridgehead atoms. The smallest absolute Gasteiger partial charge is 0.226 e. The van der Waals surface area contributed by atoms with Gasteiger partial charge in [0.1, 0.15) is 0 Å². The van der Waals surface area contributed by atoms with E-state index in [1.807, 2.05) is 0 Å². The highest BCUT2D eigenvalue weighted by Gasteiger charge is 2.61. The highest BCUT2D eigenvalue weighted by atomic mass is 16.2. The molecule has 3 saturated carbocycles. The summed E-state index contributed by atoms with van der Waals surface area (Å²) >= 11 is 0. The van der Waals surface area contributed by atoms with Crippen LogP contribution in [0.15, 0.2) is 11.6 Å². The number of fused-ring (bicyclic) bond motifs is 5. The maximum atomic E-state index is 14.1. The first-order valence-electron chi connectivity index (χ1n) is 16.5. The van der Waals surface area contributed by atoms with Crippen LogP contribution in [-0.2, 0) is 4.79 Å². The van der Waals surface area contributed by atoms with Crippen molar-refractivity contribution in [2.24, 2.45) is 51.8 Å². The average Bonchev–Trinajstić information content (AvgIpc) is 2.88. The Morgan fingerprint density at radius 2 is 1.84 bits per heavy atom. The molecule has 5 rings (SSSR count). The Morgan fingerprint density at radius 3 is 2.58 bits per heavy atom. The summed E-state index contributed by atoms with van der Waals surface area (Å²) in [5, 5.41) is 6.93. The van der Waals surface area contributed by atoms with E-state index >= 15 is 0 Å². The topological polar surface area (TPSA) is 44.4 Å². The molecule has 0 aromatic heterocycles. The number of piperazine rings is 1. The summed E-state index contributed by atoms with van der Waals surface area (Å²) in [7, 11) is 0. The molecular formula is C34H59N3O. The van der Waals surface area contributed by atoms with Crippen molar-refractivity contribution in [2.75, 3.05) is 39.3 Å². The number of carbonyl (C=O) groups is 1. The number of allylic oxidation sites excluding steroid dienone is 2. The van der Waals surface area contributed by atoms with Crippen LogP contribution in [0.2, 0.25) is 0 Å². The van der Waals surface area contributed by atoms with Crippen molar-refractivity contribution in [3.63, 3.8) is 0 Å². The minimum Gasteiger partial charge on any atom is -0.354 e. The van der Waals surface area contributed by atoms with Crippen LogP contribution in [0.4, 0.5) is 0 Å². The van der Waals surface area contributed by atoms with Crippen molar-refractivity contribution in [3.05, 3.63) is 11.6 Å². The zero-order valence-corrected chi connectivity index (χ0v) is 25.7. The van der Waals surface area contributed by atoms with Crippen LogP contribution >= 0.6 is 0 Å². The van der Waals surface area contributed by atoms with Crippen LogP contribution in [-0.4, -0.2) is 50.1 Å². The molecule has 5 aliphatic rings. The molecule has 38 heavy (non-hydrogen) atoms. The molecule has 216 valence electrons. The second kappa shape index (κ2) is 11.2. The Labute approximate surface area is 234 Å². The number of nitrogens with one attached hydrogen (secondary N) is 2. The number of hydrogen-bond acceptors (Lipinski definition) is 3. The Hall–Kier alpha value is -0.870. The van der Waals surface area contributed by atoms with Gasteiger partial charge in [-0.15, -0.1) is 0 Å². The summed E-state index contributed by atoms with van der Waals surface area (Å²) in [4.78, 5) is 16.6. The number of rotatable bonds is 7. The average molecular weight is 526 g/mol. The molecule has 7 unspecified atom stereocenters. The highest BCUT2D eigenvalue weighted by Crippen LogP contribution is 2.67. The van der Waals surface area contributed by atoms with Crippen molar-refractivity contribution < 1.29 is 4.79 Å². The van der Waals surface area contributed by atoms with E-state index in [2.05, 4.69) is 63.2 Å². The minimum atomic E-state index is -0.184. The van der Waals surface area contributed by atoms with Crippen LogP contribution < -0.4 is 10.6 Å². The standard InChI is InChI=1S/C34H59N3O/c1-24(2)7-9-26-25(3)8-11-28-27(26)10-12-29-30-23-32(4,5)13-15-34(30,16-14-33(28,29)6)31(38)36-19-22-37-20-17-35-18-21-37/h12,24-28,30,35H,7-11,13-23H2,1-6H3,(H,36,38). The Bertz CT molecular complexity index is 873. The number of nitrogens with zero attached hydrogens (tertiary/aromatic N) is 1. The third kappa shape index (κ3) is 5.39. The lowest BCUT2D eigenvalue weighted by Gasteiger charge is -2.62. The van der Waals surface area contributed by atoms with E-state index in [0.29, 0.717) is 22.7 Å². The fraction of sp³-hybridized carbons (Fsp3) is 0.912. The van der Waals surface area contributed by atoms with E-state index in [0.717, 1.165) is 81.7 Å². The first kappa shape index (κ1) is 28.7. The summed E-state index contributed by atoms with van der Waals surface area (Å²) in [5.41, 5.74) is 2.15. The molecule has 2 N–H and O–H groups in total. The van der Waals surface area contributed by atoms with Crippen LogP contribution in [0.3, 0.4) is 0 Å². The summed E-state index contributed by atoms with van der Waals surface area (Å²) in [5.74, 6) is 5.03. The van der Waals surface area contributed by atoms with Crippen molar-refractivity contribution >= 4 is 5.91 Å². The first-order valence-corrected chi connectivity index (χ1v) is 16.5. The quantitative estimate of drug-likeness (QED) is 0.365. The molecule has 4 fully saturated rings. The van der Waals surface area contributed by atoms with Gasteiger partial charge < -0.3 is 10.6 Å². The van der Waals surface area contributed by atoms with Gasteiger partial charge in [-0.1, -0.05) is 66.0 Å². The van der Waals surface area contributed by atoms with Gasteiger partial charge in [-0.25, -0.2) is 0 Å². The van der Waals surface area contributed by atoms with Gasteiger partial charge in [-0.3, -0.25) is 9.69 Å². The minimum absolute atomic E-state index is 0.184. The molecule has 0 aromatic carbocycles. The monoisotopic (exact) mass is 525 g/mol. The van der Waals surface area contributed by atoms with Gasteiger partial charge >= 0.3 is 0 Å². The number of amides is 1. The van der Waals surface area contributed by atoms with Gasteiger partial charge in [0.05, 0.1) is 5.41 Å². The zero-order valence-electron chi connectivity index (χ0n) is 25.7. The Morgan fingerprint density at radius 1 is 1.11 bits per heavy atom. The lowest BCUT2D eigenvalue weighted by molar-refractivity contribution is -0.144. The predicted molar refractivity (Wildman–Crippen MR) is 159 cm³/mol. The predicted octanol–water partition coefficient (Wildman–Crippen LogP) is 6.67. The zero-order chi connectivity index (χ0) is 27.1. The van der Waals surface area contributed by atoms with E-state index < -0.39 is 0 Å². The summed E-state index contributed by atoms with van der Waals surface area (Å²) in [6, 6.07) is 0. The number of hydrogen-bond donors (Lipinski definition) is 2. The summed E-state index contributed by atoms with van der Waals surface area (Å²) < 4.78 is 0. The highest BCUT2D eigenvalue weighted by molar-refractivity contribution is 5.84. The largest absolute Gasteiger partial charge is 0.354 e. The summed E-state index contributed by atoms with van der Waals surface area (Å²) in [6.45, 7) is 21.0. The molecular weight excluding hydrogens is 466 g/mol. The fourth-order valence-electron chi connectivity index (χ4n) is 9.92. The summed E-state index contributed by atoms with van der Waals surface area (Å²) in [6.07, 6.45) is 15.3. The van der Waals surface area contributed by atoms with Gasteiger partial charge in [0.2, 0.25) is 5.91 Å². The molecule has 1 heterocycles. The van der Waals surface area contributed by atoms with Crippen molar-refractivity contribution in [1.29, 1.82) is 0 Å². The number of carbonyl (C=O) groups excluding carboxylic acids is 1. The lowest BCUT2D eigenvalue weighted by atomic mass is 9.42. The maximum Gasteiger partial charge on any atom is 0.226 e. The molecule has 7 atom stereocenters. The van der Waals surface area contributed by atoms with Gasteiger partial charge in [0, 0.05) is 39.3 Å². The van der Waals surface area contributed by atoms with E-state index in [-0.39, 0.29) is 5.41 Å². The third-order valence-electron chi connectivity index (χ3n) is 12.4. The van der Waals surface area contributed by atoms with Gasteiger partial charge in [-0.2, -0.15) is 0 Å². The lowest BCUT2D eigenvalue weighted by Crippen LogP contribution is -2.59. The van der Waals surface area contributed by atoms with Gasteiger partial charge in [-0.05, 0) is 97.7 Å². The molecule has 4 aliphatic carbocycles. The molecule has 0 aromatic rings. The van der Waals surface area contributed by atoms with Gasteiger partial charge in [0.15, 0.2) is 0 Å². The van der Waals surface area contributed by atoms with E-state index in [1.54, 1.807) is 5.57 Å². The molecule has 1 amide bonds. The maximum absolute atomic E-state index is 14.1. The second-order valence-corrected chi connectivity index (χ2v) is 15.7. The van der Waals surface area contributed by atoms with E-state index in [9.17, 15) is 4.79 Å². The third-order valence-corrected chi connectivity index (χ3v) is 12.4. The molecule has 0 radical (unpaired) electrons. The van der Waals surface area contributed by atoms with Crippen molar-refractivity contribution in [3.8, 4) is 0 Å². The molecule has 4 nitrogen and oxygen atoms in total. The second-order valence-electron chi connectivity index (χ2n) is 15.7. The van der Waals surface area contributed by atoms with Crippen molar-refractivity contribution in [1.82, 2.24) is 15.5 Å². The SMILES string of the molecule is CC(C)CCC1C(C)CCC2C1CC=C1C3CC(C)(C)CCC3(C(=O)NCCN3CCNCC3)CCC12C. The fourth-order valence-corrected chi connectivity index (χ4v) is 9.92. The molecule has 1 aliphatic heterocycles. The van der Waals surface area contributed by atoms with E-state index in [1.165, 1.54) is 51.4 Å².